The summed E-state index contributed by atoms with van der Waals surface area (Å²) in [5.41, 5.74) is 3.43. The van der Waals surface area contributed by atoms with Crippen molar-refractivity contribution in [2.75, 3.05) is 6.54 Å². The van der Waals surface area contributed by atoms with Crippen LogP contribution >= 0.6 is 0 Å². The van der Waals surface area contributed by atoms with Crippen LogP contribution in [0.25, 0.3) is 5.82 Å². The van der Waals surface area contributed by atoms with Crippen LogP contribution in [-0.2, 0) is 12.8 Å². The molecule has 1 unspecified atom stereocenters. The Bertz CT molecular complexity index is 902. The predicted molar refractivity (Wildman–Crippen MR) is 105 cm³/mol. The number of hydrogen-bond donors (Lipinski definition) is 0. The van der Waals surface area contributed by atoms with Crippen LogP contribution in [0.1, 0.15) is 41.3 Å². The van der Waals surface area contributed by atoms with Gasteiger partial charge in [0.2, 0.25) is 0 Å². The van der Waals surface area contributed by atoms with Gasteiger partial charge in [-0.1, -0.05) is 31.2 Å². The van der Waals surface area contributed by atoms with Crippen molar-refractivity contribution in [2.45, 2.75) is 38.6 Å². The van der Waals surface area contributed by atoms with Crippen LogP contribution in [-0.4, -0.2) is 38.2 Å². The van der Waals surface area contributed by atoms with Gasteiger partial charge in [-0.15, -0.1) is 0 Å². The minimum absolute atomic E-state index is 0.0701. The Kier molecular flexibility index (Phi) is 5.01. The molecule has 3 aromatic rings. The van der Waals surface area contributed by atoms with E-state index in [-0.39, 0.29) is 11.9 Å². The number of nitrogens with zero attached hydrogens (tertiary/aromatic N) is 4. The number of fused-ring (bicyclic) bond motifs is 1. The molecule has 1 aromatic carbocycles. The molecule has 5 nitrogen and oxygen atoms in total. The smallest absolute Gasteiger partial charge is 0.255 e. The molecule has 4 rings (SSSR count). The molecule has 27 heavy (non-hydrogen) atoms. The molecule has 0 bridgehead atoms. The largest absolute Gasteiger partial charge is 0.335 e. The third-order valence-corrected chi connectivity index (χ3v) is 5.22. The molecule has 1 atom stereocenters. The van der Waals surface area contributed by atoms with E-state index >= 15 is 0 Å². The van der Waals surface area contributed by atoms with Crippen LogP contribution < -0.4 is 0 Å². The standard InChI is InChI=1S/C22H24N4O/c1-2-13-25(20-10-8-17-6-3-4-7-18(17)15-20)22(27)19-9-11-21(23-16-19)26-14-5-12-24-26/h3-7,9,11-12,14,16,20H,2,8,10,13,15H2,1H3. The molecule has 138 valence electrons. The Morgan fingerprint density at radius 1 is 1.19 bits per heavy atom. The van der Waals surface area contributed by atoms with Gasteiger partial charge < -0.3 is 4.90 Å². The molecule has 2 heterocycles. The average molecular weight is 360 g/mol. The predicted octanol–water partition coefficient (Wildman–Crippen LogP) is 3.68. The number of benzene rings is 1. The van der Waals surface area contributed by atoms with E-state index in [2.05, 4.69) is 41.3 Å². The Balaban J connectivity index is 1.54. The van der Waals surface area contributed by atoms with Crippen LogP contribution in [0.3, 0.4) is 0 Å². The fourth-order valence-electron chi connectivity index (χ4n) is 3.85. The molecule has 0 spiro atoms. The van der Waals surface area contributed by atoms with Gasteiger partial charge in [-0.2, -0.15) is 5.10 Å². The lowest BCUT2D eigenvalue weighted by molar-refractivity contribution is 0.0661. The number of carbonyl (C=O) groups is 1. The van der Waals surface area contributed by atoms with Crippen molar-refractivity contribution >= 4 is 5.91 Å². The van der Waals surface area contributed by atoms with E-state index in [4.69, 9.17) is 0 Å². The monoisotopic (exact) mass is 360 g/mol. The fraction of sp³-hybridized carbons (Fsp3) is 0.318. The van der Waals surface area contributed by atoms with Crippen LogP contribution in [0.5, 0.6) is 0 Å². The van der Waals surface area contributed by atoms with Crippen molar-refractivity contribution in [3.63, 3.8) is 0 Å². The third kappa shape index (κ3) is 3.63. The zero-order valence-electron chi connectivity index (χ0n) is 15.6. The lowest BCUT2D eigenvalue weighted by Crippen LogP contribution is -2.44. The molecule has 1 amide bonds. The van der Waals surface area contributed by atoms with Crippen LogP contribution in [0.15, 0.2) is 61.1 Å². The minimum atomic E-state index is 0.0701. The zero-order valence-corrected chi connectivity index (χ0v) is 15.6. The highest BCUT2D eigenvalue weighted by molar-refractivity contribution is 5.94. The van der Waals surface area contributed by atoms with Crippen molar-refractivity contribution in [1.29, 1.82) is 0 Å². The molecular formula is C22H24N4O. The van der Waals surface area contributed by atoms with Crippen LogP contribution in [0.2, 0.25) is 0 Å². The first-order chi connectivity index (χ1) is 13.3. The summed E-state index contributed by atoms with van der Waals surface area (Å²) in [6, 6.07) is 14.4. The number of pyridine rings is 1. The van der Waals surface area contributed by atoms with Crippen molar-refractivity contribution in [3.8, 4) is 5.82 Å². The second kappa shape index (κ2) is 7.74. The maximum atomic E-state index is 13.2. The highest BCUT2D eigenvalue weighted by Crippen LogP contribution is 2.25. The lowest BCUT2D eigenvalue weighted by atomic mass is 9.87. The van der Waals surface area contributed by atoms with E-state index in [0.29, 0.717) is 11.4 Å². The second-order valence-electron chi connectivity index (χ2n) is 7.02. The van der Waals surface area contributed by atoms with Gasteiger partial charge >= 0.3 is 0 Å². The summed E-state index contributed by atoms with van der Waals surface area (Å²) in [5, 5.41) is 4.18. The topological polar surface area (TPSA) is 51.0 Å². The van der Waals surface area contributed by atoms with E-state index in [1.807, 2.05) is 29.3 Å². The Labute approximate surface area is 159 Å². The molecule has 0 saturated heterocycles. The molecule has 5 heteroatoms. The molecular weight excluding hydrogens is 336 g/mol. The van der Waals surface area contributed by atoms with E-state index in [1.54, 1.807) is 17.1 Å². The average Bonchev–Trinajstić information content (AvgIpc) is 3.26. The van der Waals surface area contributed by atoms with Gasteiger partial charge in [0.05, 0.1) is 5.56 Å². The first-order valence-electron chi connectivity index (χ1n) is 9.60. The number of aromatic nitrogens is 3. The second-order valence-corrected chi connectivity index (χ2v) is 7.02. The first-order valence-corrected chi connectivity index (χ1v) is 9.60. The molecule has 0 fully saturated rings. The Hall–Kier alpha value is -2.95. The molecule has 0 saturated carbocycles. The van der Waals surface area contributed by atoms with E-state index < -0.39 is 0 Å². The van der Waals surface area contributed by atoms with Gasteiger partial charge in [0.15, 0.2) is 5.82 Å². The van der Waals surface area contributed by atoms with E-state index in [0.717, 1.165) is 32.2 Å². The normalized spacial score (nSPS) is 16.0. The van der Waals surface area contributed by atoms with Gasteiger partial charge in [-0.25, -0.2) is 9.67 Å². The van der Waals surface area contributed by atoms with E-state index in [9.17, 15) is 4.79 Å². The Morgan fingerprint density at radius 2 is 2.04 bits per heavy atom. The summed E-state index contributed by atoms with van der Waals surface area (Å²) in [5.74, 6) is 0.783. The molecule has 1 aliphatic carbocycles. The number of aryl methyl sites for hydroxylation is 1. The molecule has 0 radical (unpaired) electrons. The first kappa shape index (κ1) is 17.5. The molecule has 0 aliphatic heterocycles. The third-order valence-electron chi connectivity index (χ3n) is 5.22. The summed E-state index contributed by atoms with van der Waals surface area (Å²) in [4.78, 5) is 19.7. The van der Waals surface area contributed by atoms with Crippen LogP contribution in [0, 0.1) is 0 Å². The summed E-state index contributed by atoms with van der Waals surface area (Å²) >= 11 is 0. The fourth-order valence-corrected chi connectivity index (χ4v) is 3.85. The molecule has 1 aliphatic rings. The van der Waals surface area contributed by atoms with Crippen molar-refractivity contribution in [2.24, 2.45) is 0 Å². The molecule has 2 aromatic heterocycles. The number of amides is 1. The minimum Gasteiger partial charge on any atom is -0.335 e. The Morgan fingerprint density at radius 3 is 2.74 bits per heavy atom. The van der Waals surface area contributed by atoms with Crippen molar-refractivity contribution < 1.29 is 4.79 Å². The molecule has 0 N–H and O–H groups in total. The number of carbonyl (C=O) groups excluding carboxylic acids is 1. The quantitative estimate of drug-likeness (QED) is 0.697. The summed E-state index contributed by atoms with van der Waals surface area (Å²) < 4.78 is 1.69. The van der Waals surface area contributed by atoms with Gasteiger partial charge in [0.25, 0.3) is 5.91 Å². The van der Waals surface area contributed by atoms with Gasteiger partial charge in [0.1, 0.15) is 0 Å². The maximum absolute atomic E-state index is 13.2. The van der Waals surface area contributed by atoms with E-state index in [1.165, 1.54) is 11.1 Å². The summed E-state index contributed by atoms with van der Waals surface area (Å²) in [6.07, 6.45) is 9.14. The number of hydrogen-bond acceptors (Lipinski definition) is 3. The summed E-state index contributed by atoms with van der Waals surface area (Å²) in [7, 11) is 0. The SMILES string of the molecule is CCCN(C(=O)c1ccc(-n2cccn2)nc1)C1CCc2ccccc2C1. The van der Waals surface area contributed by atoms with Crippen LogP contribution in [0.4, 0.5) is 0 Å². The van der Waals surface area contributed by atoms with Gasteiger partial charge in [-0.05, 0) is 55.0 Å². The highest BCUT2D eigenvalue weighted by atomic mass is 16.2. The summed E-state index contributed by atoms with van der Waals surface area (Å²) in [6.45, 7) is 2.89. The zero-order chi connectivity index (χ0) is 18.6. The highest BCUT2D eigenvalue weighted by Gasteiger charge is 2.28. The van der Waals surface area contributed by atoms with Crippen molar-refractivity contribution in [3.05, 3.63) is 77.7 Å². The maximum Gasteiger partial charge on any atom is 0.255 e. The van der Waals surface area contributed by atoms with Gasteiger partial charge in [-0.3, -0.25) is 4.79 Å². The number of rotatable bonds is 5. The van der Waals surface area contributed by atoms with Gasteiger partial charge in [0, 0.05) is 31.2 Å². The van der Waals surface area contributed by atoms with Crippen molar-refractivity contribution in [1.82, 2.24) is 19.7 Å². The lowest BCUT2D eigenvalue weighted by Gasteiger charge is -2.35.